The van der Waals surface area contributed by atoms with Crippen molar-refractivity contribution in [3.63, 3.8) is 0 Å². The Kier molecular flexibility index (Phi) is 2.69. The second kappa shape index (κ2) is 3.85. The highest BCUT2D eigenvalue weighted by Gasteiger charge is 2.40. The zero-order valence-electron chi connectivity index (χ0n) is 8.43. The third kappa shape index (κ3) is 1.74. The summed E-state index contributed by atoms with van der Waals surface area (Å²) in [5.74, 6) is 0.559. The zero-order valence-corrected chi connectivity index (χ0v) is 8.43. The average Bonchev–Trinajstić information content (AvgIpc) is 2.25. The van der Waals surface area contributed by atoms with E-state index in [0.29, 0.717) is 16.8 Å². The molecule has 2 rings (SSSR count). The third-order valence-electron chi connectivity index (χ3n) is 2.56. The number of hydrogen-bond acceptors (Lipinski definition) is 4. The molecule has 0 atom stereocenters. The van der Waals surface area contributed by atoms with Crippen LogP contribution in [0.4, 0.5) is 0 Å². The minimum absolute atomic E-state index is 0.283. The van der Waals surface area contributed by atoms with Crippen molar-refractivity contribution in [2.24, 2.45) is 0 Å². The lowest BCUT2D eigenvalue weighted by Crippen LogP contribution is -2.46. The van der Waals surface area contributed by atoms with Crippen molar-refractivity contribution in [2.45, 2.75) is 5.60 Å². The van der Waals surface area contributed by atoms with Gasteiger partial charge in [-0.3, -0.25) is 0 Å². The Balaban J connectivity index is 2.38. The number of methoxy groups -OCH3 is 1. The largest absolute Gasteiger partial charge is 0.496 e. The second-order valence-corrected chi connectivity index (χ2v) is 3.61. The van der Waals surface area contributed by atoms with Gasteiger partial charge in [0.1, 0.15) is 11.4 Å². The maximum Gasteiger partial charge on any atom is 0.326 e. The molecular weight excluding hydrogens is 195 g/mol. The first-order valence-electron chi connectivity index (χ1n) is 4.66. The average molecular weight is 207 g/mol. The van der Waals surface area contributed by atoms with E-state index in [9.17, 15) is 5.11 Å². The van der Waals surface area contributed by atoms with E-state index < -0.39 is 5.60 Å². The van der Waals surface area contributed by atoms with Gasteiger partial charge in [0.15, 0.2) is 0 Å². The van der Waals surface area contributed by atoms with Crippen LogP contribution in [0.2, 0.25) is 0 Å². The van der Waals surface area contributed by atoms with Gasteiger partial charge in [0.25, 0.3) is 0 Å². The molecule has 1 aliphatic rings. The van der Waals surface area contributed by atoms with Crippen LogP contribution >= 0.6 is 0 Å². The van der Waals surface area contributed by atoms with E-state index in [0.717, 1.165) is 7.48 Å². The third-order valence-corrected chi connectivity index (χ3v) is 2.56. The summed E-state index contributed by atoms with van der Waals surface area (Å²) in [6.45, 7) is 0.567. The SMILES string of the molecule is COc1cc([B]O)ccc1C1(O)COC1. The number of hydrogen-bond donors (Lipinski definition) is 2. The molecule has 1 aromatic carbocycles. The van der Waals surface area contributed by atoms with Gasteiger partial charge in [-0.15, -0.1) is 0 Å². The van der Waals surface area contributed by atoms with E-state index in [1.165, 1.54) is 7.11 Å². The highest BCUT2D eigenvalue weighted by Crippen LogP contribution is 2.34. The minimum Gasteiger partial charge on any atom is -0.496 e. The molecule has 0 spiro atoms. The lowest BCUT2D eigenvalue weighted by Gasteiger charge is -2.37. The highest BCUT2D eigenvalue weighted by molar-refractivity contribution is 6.45. The Bertz CT molecular complexity index is 362. The van der Waals surface area contributed by atoms with Gasteiger partial charge in [-0.05, 0) is 6.07 Å². The van der Waals surface area contributed by atoms with Crippen LogP contribution in [0.1, 0.15) is 5.56 Å². The standard InChI is InChI=1S/C10H12BO4/c1-14-9-4-7(11-13)2-3-8(9)10(12)5-15-6-10/h2-4,12-13H,5-6H2,1H3. The van der Waals surface area contributed by atoms with Crippen molar-refractivity contribution >= 4 is 12.9 Å². The summed E-state index contributed by atoms with van der Waals surface area (Å²) in [5.41, 5.74) is 0.389. The smallest absolute Gasteiger partial charge is 0.326 e. The molecule has 1 fully saturated rings. The van der Waals surface area contributed by atoms with Crippen LogP contribution in [0, 0.1) is 0 Å². The second-order valence-electron chi connectivity index (χ2n) is 3.61. The van der Waals surface area contributed by atoms with E-state index in [1.807, 2.05) is 0 Å². The Hall–Kier alpha value is -1.04. The van der Waals surface area contributed by atoms with Crippen molar-refractivity contribution in [3.05, 3.63) is 23.8 Å². The van der Waals surface area contributed by atoms with Gasteiger partial charge in [-0.25, -0.2) is 0 Å². The Morgan fingerprint density at radius 1 is 1.47 bits per heavy atom. The van der Waals surface area contributed by atoms with E-state index in [1.54, 1.807) is 18.2 Å². The molecule has 1 aromatic rings. The van der Waals surface area contributed by atoms with E-state index in [-0.39, 0.29) is 13.2 Å². The van der Waals surface area contributed by atoms with Gasteiger partial charge in [0, 0.05) is 5.56 Å². The van der Waals surface area contributed by atoms with Crippen LogP contribution in [0.3, 0.4) is 0 Å². The van der Waals surface area contributed by atoms with Crippen LogP contribution in [0.15, 0.2) is 18.2 Å². The maximum atomic E-state index is 10.1. The van der Waals surface area contributed by atoms with Gasteiger partial charge in [-0.1, -0.05) is 17.6 Å². The quantitative estimate of drug-likeness (QED) is 0.634. The maximum absolute atomic E-state index is 10.1. The molecule has 1 radical (unpaired) electrons. The summed E-state index contributed by atoms with van der Waals surface area (Å²) in [5, 5.41) is 18.9. The lowest BCUT2D eigenvalue weighted by molar-refractivity contribution is -0.185. The molecule has 15 heavy (non-hydrogen) atoms. The first kappa shape index (κ1) is 10.5. The normalized spacial score (nSPS) is 18.1. The molecule has 0 saturated carbocycles. The molecule has 0 amide bonds. The molecule has 4 nitrogen and oxygen atoms in total. The summed E-state index contributed by atoms with van der Waals surface area (Å²) >= 11 is 0. The van der Waals surface area contributed by atoms with E-state index in [4.69, 9.17) is 14.5 Å². The molecule has 1 heterocycles. The lowest BCUT2D eigenvalue weighted by atomic mass is 9.84. The molecule has 0 unspecified atom stereocenters. The van der Waals surface area contributed by atoms with Gasteiger partial charge in [0.05, 0.1) is 20.3 Å². The molecule has 0 aromatic heterocycles. The molecule has 79 valence electrons. The predicted octanol–water partition coefficient (Wildman–Crippen LogP) is -0.850. The monoisotopic (exact) mass is 207 g/mol. The predicted molar refractivity (Wildman–Crippen MR) is 55.3 cm³/mol. The van der Waals surface area contributed by atoms with Crippen molar-refractivity contribution in [1.29, 1.82) is 0 Å². The van der Waals surface area contributed by atoms with Crippen molar-refractivity contribution in [1.82, 2.24) is 0 Å². The zero-order chi connectivity index (χ0) is 10.9. The summed E-state index contributed by atoms with van der Waals surface area (Å²) in [7, 11) is 2.52. The summed E-state index contributed by atoms with van der Waals surface area (Å²) in [6, 6.07) is 5.13. The first-order chi connectivity index (χ1) is 7.19. The van der Waals surface area contributed by atoms with Crippen molar-refractivity contribution < 1.29 is 19.6 Å². The molecule has 2 N–H and O–H groups in total. The molecule has 1 saturated heterocycles. The van der Waals surface area contributed by atoms with Crippen LogP contribution in [-0.4, -0.2) is 37.9 Å². The van der Waals surface area contributed by atoms with Gasteiger partial charge in [0.2, 0.25) is 0 Å². The fourth-order valence-electron chi connectivity index (χ4n) is 1.62. The van der Waals surface area contributed by atoms with Gasteiger partial charge in [-0.2, -0.15) is 0 Å². The van der Waals surface area contributed by atoms with Crippen molar-refractivity contribution in [3.8, 4) is 5.75 Å². The number of rotatable bonds is 3. The molecular formula is C10H12BO4. The van der Waals surface area contributed by atoms with Crippen LogP contribution in [0.5, 0.6) is 5.75 Å². The molecule has 0 bridgehead atoms. The van der Waals surface area contributed by atoms with Crippen LogP contribution in [0.25, 0.3) is 0 Å². The highest BCUT2D eigenvalue weighted by atomic mass is 16.5. The number of aliphatic hydroxyl groups is 1. The molecule has 1 aliphatic heterocycles. The topological polar surface area (TPSA) is 58.9 Å². The first-order valence-corrected chi connectivity index (χ1v) is 4.66. The Morgan fingerprint density at radius 3 is 2.67 bits per heavy atom. The van der Waals surface area contributed by atoms with E-state index in [2.05, 4.69) is 0 Å². The summed E-state index contributed by atoms with van der Waals surface area (Å²) in [6.07, 6.45) is 0. The van der Waals surface area contributed by atoms with Gasteiger partial charge >= 0.3 is 7.48 Å². The Morgan fingerprint density at radius 2 is 2.20 bits per heavy atom. The fourth-order valence-corrected chi connectivity index (χ4v) is 1.62. The van der Waals surface area contributed by atoms with Crippen LogP contribution < -0.4 is 10.2 Å². The summed E-state index contributed by atoms with van der Waals surface area (Å²) in [4.78, 5) is 0. The number of ether oxygens (including phenoxy) is 2. The van der Waals surface area contributed by atoms with E-state index >= 15 is 0 Å². The minimum atomic E-state index is -0.945. The Labute approximate surface area is 88.7 Å². The molecule has 5 heteroatoms. The van der Waals surface area contributed by atoms with Crippen molar-refractivity contribution in [2.75, 3.05) is 20.3 Å². The summed E-state index contributed by atoms with van der Waals surface area (Å²) < 4.78 is 10.1. The number of benzene rings is 1. The fraction of sp³-hybridized carbons (Fsp3) is 0.400. The molecule has 0 aliphatic carbocycles. The van der Waals surface area contributed by atoms with Crippen LogP contribution in [-0.2, 0) is 10.3 Å². The van der Waals surface area contributed by atoms with Gasteiger partial charge < -0.3 is 19.6 Å².